The first-order valence-electron chi connectivity index (χ1n) is 3.28. The van der Waals surface area contributed by atoms with Crippen LogP contribution in [0.15, 0.2) is 0 Å². The van der Waals surface area contributed by atoms with Crippen LogP contribution in [0.4, 0.5) is 0 Å². The van der Waals surface area contributed by atoms with Crippen LogP contribution in [0.2, 0.25) is 0 Å². The zero-order chi connectivity index (χ0) is 9.30. The third-order valence-electron chi connectivity index (χ3n) is 1.64. The van der Waals surface area contributed by atoms with Crippen molar-refractivity contribution >= 4 is 11.1 Å². The van der Waals surface area contributed by atoms with Gasteiger partial charge in [0.25, 0.3) is 0 Å². The molecule has 12 heavy (non-hydrogen) atoms. The van der Waals surface area contributed by atoms with Gasteiger partial charge in [-0.25, -0.2) is 0 Å². The summed E-state index contributed by atoms with van der Waals surface area (Å²) in [5.41, 5.74) is -1.46. The topological polar surface area (TPSA) is 110 Å². The Morgan fingerprint density at radius 1 is 1.33 bits per heavy atom. The maximum Gasteiger partial charge on any atom is 0.147 e. The zero-order valence-corrected chi connectivity index (χ0v) is 6.81. The molecule has 0 bridgehead atoms. The lowest BCUT2D eigenvalue weighted by molar-refractivity contribution is -0.163. The highest BCUT2D eigenvalue weighted by Crippen LogP contribution is 2.16. The molecule has 0 aromatic carbocycles. The largest absolute Gasteiger partial charge is 0.770 e. The van der Waals surface area contributed by atoms with Crippen molar-refractivity contribution in [2.75, 3.05) is 6.61 Å². The normalized spacial score (nSPS) is 45.7. The average molecular weight is 197 g/mol. The average Bonchev–Trinajstić information content (AvgIpc) is 2.00. The van der Waals surface area contributed by atoms with Gasteiger partial charge in [0.05, 0.1) is 6.61 Å². The summed E-state index contributed by atoms with van der Waals surface area (Å²) in [6, 6.07) is 0. The van der Waals surface area contributed by atoms with E-state index in [-0.39, 0.29) is 6.61 Å². The van der Waals surface area contributed by atoms with E-state index in [0.29, 0.717) is 0 Å². The maximum atomic E-state index is 10.3. The number of aliphatic hydroxyl groups is 3. The van der Waals surface area contributed by atoms with E-state index in [1.54, 1.807) is 0 Å². The van der Waals surface area contributed by atoms with Gasteiger partial charge in [-0.3, -0.25) is 4.21 Å². The number of aliphatic hydroxyl groups excluding tert-OH is 3. The first-order valence-corrected chi connectivity index (χ1v) is 4.41. The molecule has 3 N–H and O–H groups in total. The van der Waals surface area contributed by atoms with Crippen molar-refractivity contribution in [3.05, 3.63) is 0 Å². The Balaban J connectivity index is 2.65. The second kappa shape index (κ2) is 3.77. The third-order valence-corrected chi connectivity index (χ3v) is 2.44. The van der Waals surface area contributed by atoms with E-state index in [1.165, 1.54) is 0 Å². The monoisotopic (exact) mass is 197 g/mol. The fraction of sp³-hybridized carbons (Fsp3) is 1.00. The minimum absolute atomic E-state index is 0.295. The minimum Gasteiger partial charge on any atom is -0.770 e. The van der Waals surface area contributed by atoms with E-state index in [4.69, 9.17) is 15.3 Å². The van der Waals surface area contributed by atoms with Crippen molar-refractivity contribution in [2.24, 2.45) is 0 Å². The summed E-state index contributed by atoms with van der Waals surface area (Å²) in [5.74, 6) is 0. The second-order valence-corrected chi connectivity index (χ2v) is 3.50. The van der Waals surface area contributed by atoms with Crippen molar-refractivity contribution in [3.8, 4) is 0 Å². The van der Waals surface area contributed by atoms with E-state index >= 15 is 0 Å². The SMILES string of the molecule is O=S([O-])C1OC[C@@H](O)[C@H](O)[C@H]1O. The van der Waals surface area contributed by atoms with Crippen molar-refractivity contribution in [2.45, 2.75) is 23.7 Å². The fourth-order valence-corrected chi connectivity index (χ4v) is 1.53. The van der Waals surface area contributed by atoms with E-state index in [1.807, 2.05) is 0 Å². The quantitative estimate of drug-likeness (QED) is 0.395. The summed E-state index contributed by atoms with van der Waals surface area (Å²) in [4.78, 5) is 0. The van der Waals surface area contributed by atoms with Crippen LogP contribution in [0.5, 0.6) is 0 Å². The molecular weight excluding hydrogens is 188 g/mol. The molecule has 6 nitrogen and oxygen atoms in total. The summed E-state index contributed by atoms with van der Waals surface area (Å²) in [7, 11) is 0. The van der Waals surface area contributed by atoms with Crippen molar-refractivity contribution in [3.63, 3.8) is 0 Å². The van der Waals surface area contributed by atoms with E-state index < -0.39 is 34.8 Å². The molecule has 1 saturated heterocycles. The van der Waals surface area contributed by atoms with Crippen LogP contribution in [0.3, 0.4) is 0 Å². The van der Waals surface area contributed by atoms with Gasteiger partial charge in [0, 0.05) is 0 Å². The molecule has 1 rings (SSSR count). The van der Waals surface area contributed by atoms with E-state index in [0.717, 1.165) is 0 Å². The summed E-state index contributed by atoms with van der Waals surface area (Å²) in [6.45, 7) is -0.295. The molecule has 7 heteroatoms. The molecule has 72 valence electrons. The van der Waals surface area contributed by atoms with Crippen LogP contribution in [0, 0.1) is 0 Å². The number of hydrogen-bond donors (Lipinski definition) is 3. The van der Waals surface area contributed by atoms with Gasteiger partial charge in [0.1, 0.15) is 23.7 Å². The van der Waals surface area contributed by atoms with Gasteiger partial charge in [0.15, 0.2) is 0 Å². The zero-order valence-electron chi connectivity index (χ0n) is 5.99. The molecule has 0 saturated carbocycles. The third kappa shape index (κ3) is 1.82. The van der Waals surface area contributed by atoms with Gasteiger partial charge < -0.3 is 24.6 Å². The smallest absolute Gasteiger partial charge is 0.147 e. The molecule has 0 amide bonds. The molecule has 1 aliphatic rings. The van der Waals surface area contributed by atoms with Crippen LogP contribution in [-0.2, 0) is 15.8 Å². The van der Waals surface area contributed by atoms with Crippen molar-refractivity contribution in [1.82, 2.24) is 0 Å². The van der Waals surface area contributed by atoms with E-state index in [9.17, 15) is 8.76 Å². The Morgan fingerprint density at radius 3 is 2.42 bits per heavy atom. The summed E-state index contributed by atoms with van der Waals surface area (Å²) < 4.78 is 25.2. The molecule has 1 fully saturated rings. The summed E-state index contributed by atoms with van der Waals surface area (Å²) >= 11 is -2.61. The van der Waals surface area contributed by atoms with E-state index in [2.05, 4.69) is 4.74 Å². The fourth-order valence-electron chi connectivity index (χ4n) is 0.949. The number of hydrogen-bond acceptors (Lipinski definition) is 6. The molecule has 5 atom stereocenters. The Labute approximate surface area is 71.1 Å². The lowest BCUT2D eigenvalue weighted by Crippen LogP contribution is -2.54. The van der Waals surface area contributed by atoms with Crippen LogP contribution in [0.1, 0.15) is 0 Å². The highest BCUT2D eigenvalue weighted by Gasteiger charge is 2.37. The van der Waals surface area contributed by atoms with Crippen LogP contribution in [0.25, 0.3) is 0 Å². The summed E-state index contributed by atoms with van der Waals surface area (Å²) in [5, 5.41) is 27.0. The molecule has 0 spiro atoms. The molecule has 2 unspecified atom stereocenters. The molecule has 0 aromatic rings. The lowest BCUT2D eigenvalue weighted by atomic mass is 10.1. The van der Waals surface area contributed by atoms with Gasteiger partial charge in [-0.05, 0) is 11.1 Å². The lowest BCUT2D eigenvalue weighted by Gasteiger charge is -2.35. The molecular formula is C5H9O6S-. The van der Waals surface area contributed by atoms with Crippen LogP contribution in [-0.4, -0.2) is 54.4 Å². The highest BCUT2D eigenvalue weighted by atomic mass is 32.2. The maximum absolute atomic E-state index is 10.3. The van der Waals surface area contributed by atoms with Gasteiger partial charge in [-0.2, -0.15) is 0 Å². The Morgan fingerprint density at radius 2 is 1.92 bits per heavy atom. The predicted molar refractivity (Wildman–Crippen MR) is 36.7 cm³/mol. The van der Waals surface area contributed by atoms with Crippen molar-refractivity contribution < 1.29 is 28.8 Å². The molecule has 1 aliphatic heterocycles. The van der Waals surface area contributed by atoms with Crippen LogP contribution >= 0.6 is 0 Å². The molecule has 1 heterocycles. The Kier molecular flexibility index (Phi) is 3.16. The van der Waals surface area contributed by atoms with Crippen molar-refractivity contribution in [1.29, 1.82) is 0 Å². The second-order valence-electron chi connectivity index (χ2n) is 2.51. The first kappa shape index (κ1) is 10.0. The number of ether oxygens (including phenoxy) is 1. The number of rotatable bonds is 1. The predicted octanol–water partition coefficient (Wildman–Crippen LogP) is -2.70. The van der Waals surface area contributed by atoms with Gasteiger partial charge >= 0.3 is 0 Å². The standard InChI is InChI=1S/C5H10O6S/c6-2-1-11-5(12(9)10)4(8)3(2)7/h2-8H,1H2,(H,9,10)/p-1/t2-,3+,4-,5?/m1/s1. The van der Waals surface area contributed by atoms with Crippen LogP contribution < -0.4 is 0 Å². The Bertz CT molecular complexity index is 185. The first-order chi connectivity index (χ1) is 5.54. The van der Waals surface area contributed by atoms with Gasteiger partial charge in [-0.15, -0.1) is 0 Å². The highest BCUT2D eigenvalue weighted by molar-refractivity contribution is 7.79. The molecule has 0 aromatic heterocycles. The van der Waals surface area contributed by atoms with Gasteiger partial charge in [-0.1, -0.05) is 0 Å². The summed E-state index contributed by atoms with van der Waals surface area (Å²) in [6.07, 6.45) is -4.30. The van der Waals surface area contributed by atoms with Gasteiger partial charge in [0.2, 0.25) is 0 Å². The minimum atomic E-state index is -2.61. The molecule has 0 aliphatic carbocycles. The molecule has 0 radical (unpaired) electrons. The Hall–Kier alpha value is -0.0500.